The van der Waals surface area contributed by atoms with Gasteiger partial charge in [-0.15, -0.1) is 0 Å². The maximum Gasteiger partial charge on any atom is 0.251 e. The van der Waals surface area contributed by atoms with Crippen LogP contribution in [0.5, 0.6) is 0 Å². The van der Waals surface area contributed by atoms with Gasteiger partial charge < -0.3 is 11.1 Å². The van der Waals surface area contributed by atoms with Gasteiger partial charge in [0.1, 0.15) is 0 Å². The third kappa shape index (κ3) is 4.31. The first-order valence-corrected chi connectivity index (χ1v) is 7.81. The van der Waals surface area contributed by atoms with Crippen molar-refractivity contribution in [3.63, 3.8) is 0 Å². The van der Waals surface area contributed by atoms with E-state index in [0.29, 0.717) is 12.1 Å². The van der Waals surface area contributed by atoms with Gasteiger partial charge in [0, 0.05) is 18.2 Å². The molecule has 1 saturated carbocycles. The molecule has 1 amide bonds. The molecule has 0 radical (unpaired) electrons. The quantitative estimate of drug-likeness (QED) is 0.894. The maximum absolute atomic E-state index is 12.4. The van der Waals surface area contributed by atoms with Crippen molar-refractivity contribution in [2.75, 3.05) is 0 Å². The molecule has 0 saturated heterocycles. The predicted octanol–water partition coefficient (Wildman–Crippen LogP) is 3.48. The molecule has 1 aromatic carbocycles. The van der Waals surface area contributed by atoms with E-state index in [0.717, 1.165) is 18.4 Å². The highest BCUT2D eigenvalue weighted by molar-refractivity contribution is 5.94. The molecule has 21 heavy (non-hydrogen) atoms. The van der Waals surface area contributed by atoms with E-state index in [2.05, 4.69) is 33.0 Å². The highest BCUT2D eigenvalue weighted by atomic mass is 16.1. The van der Waals surface area contributed by atoms with Crippen LogP contribution in [0.25, 0.3) is 0 Å². The molecule has 0 spiro atoms. The Kier molecular flexibility index (Phi) is 4.43. The number of nitrogens with one attached hydrogen (secondary N) is 1. The number of benzene rings is 1. The zero-order valence-corrected chi connectivity index (χ0v) is 13.7. The molecule has 3 N–H and O–H groups in total. The van der Waals surface area contributed by atoms with Gasteiger partial charge in [-0.1, -0.05) is 39.8 Å². The van der Waals surface area contributed by atoms with Crippen molar-refractivity contribution in [2.24, 2.45) is 16.6 Å². The molecule has 3 heteroatoms. The summed E-state index contributed by atoms with van der Waals surface area (Å²) < 4.78 is 0. The molecule has 0 bridgehead atoms. The van der Waals surface area contributed by atoms with Gasteiger partial charge >= 0.3 is 0 Å². The molecule has 1 aliphatic carbocycles. The topological polar surface area (TPSA) is 55.1 Å². The van der Waals surface area contributed by atoms with E-state index in [1.54, 1.807) is 0 Å². The number of hydrogen-bond acceptors (Lipinski definition) is 2. The second-order valence-electron chi connectivity index (χ2n) is 7.98. The van der Waals surface area contributed by atoms with E-state index in [9.17, 15) is 4.79 Å². The number of rotatable bonds is 3. The van der Waals surface area contributed by atoms with Crippen molar-refractivity contribution < 1.29 is 4.79 Å². The van der Waals surface area contributed by atoms with Crippen LogP contribution in [0.2, 0.25) is 0 Å². The average Bonchev–Trinajstić information content (AvgIpc) is 2.35. The summed E-state index contributed by atoms with van der Waals surface area (Å²) in [5, 5.41) is 3.21. The molecule has 0 aromatic heterocycles. The number of hydrogen-bond donors (Lipinski definition) is 2. The molecule has 0 atom stereocenters. The van der Waals surface area contributed by atoms with Gasteiger partial charge in [0.15, 0.2) is 0 Å². The molecule has 2 rings (SSSR count). The number of carbonyl (C=O) groups is 1. The fraction of sp³-hybridized carbons (Fsp3) is 0.611. The van der Waals surface area contributed by atoms with Crippen LogP contribution in [0, 0.1) is 10.8 Å². The highest BCUT2D eigenvalue weighted by Crippen LogP contribution is 2.45. The average molecular weight is 288 g/mol. The molecule has 1 fully saturated rings. The molecular formula is C18H28N2O. The zero-order valence-electron chi connectivity index (χ0n) is 13.7. The van der Waals surface area contributed by atoms with Crippen LogP contribution in [0.1, 0.15) is 62.9 Å². The summed E-state index contributed by atoms with van der Waals surface area (Å²) in [6.45, 7) is 9.69. The normalized spacial score (nSPS) is 21.0. The summed E-state index contributed by atoms with van der Waals surface area (Å²) in [4.78, 5) is 12.4. The lowest BCUT2D eigenvalue weighted by molar-refractivity contribution is 0.0713. The minimum atomic E-state index is 0.0251. The Hall–Kier alpha value is -1.35. The third-order valence-electron chi connectivity index (χ3n) is 4.34. The van der Waals surface area contributed by atoms with E-state index >= 15 is 0 Å². The highest BCUT2D eigenvalue weighted by Gasteiger charge is 2.38. The van der Waals surface area contributed by atoms with E-state index in [1.807, 2.05) is 24.3 Å². The van der Waals surface area contributed by atoms with Gasteiger partial charge in [0.05, 0.1) is 0 Å². The van der Waals surface area contributed by atoms with Crippen LogP contribution in [-0.2, 0) is 6.54 Å². The molecule has 1 aliphatic rings. The van der Waals surface area contributed by atoms with Crippen LogP contribution in [0.4, 0.5) is 0 Å². The number of nitrogens with two attached hydrogens (primary N) is 1. The van der Waals surface area contributed by atoms with E-state index in [4.69, 9.17) is 5.73 Å². The van der Waals surface area contributed by atoms with Crippen molar-refractivity contribution in [2.45, 2.75) is 59.5 Å². The molecule has 3 nitrogen and oxygen atoms in total. The van der Waals surface area contributed by atoms with Crippen LogP contribution < -0.4 is 11.1 Å². The lowest BCUT2D eigenvalue weighted by Crippen LogP contribution is -2.46. The van der Waals surface area contributed by atoms with Crippen LogP contribution in [0.3, 0.4) is 0 Å². The second kappa shape index (κ2) is 5.80. The minimum absolute atomic E-state index is 0.0251. The van der Waals surface area contributed by atoms with Gasteiger partial charge in [-0.25, -0.2) is 0 Å². The predicted molar refractivity (Wildman–Crippen MR) is 87.0 cm³/mol. The minimum Gasteiger partial charge on any atom is -0.349 e. The third-order valence-corrected chi connectivity index (χ3v) is 4.34. The van der Waals surface area contributed by atoms with Gasteiger partial charge in [-0.05, 0) is 47.8 Å². The van der Waals surface area contributed by atoms with Gasteiger partial charge in [-0.2, -0.15) is 0 Å². The van der Waals surface area contributed by atoms with Crippen molar-refractivity contribution in [1.82, 2.24) is 5.32 Å². The zero-order chi connectivity index (χ0) is 15.7. The molecule has 1 aromatic rings. The fourth-order valence-corrected chi connectivity index (χ4v) is 4.01. The molecule has 0 unspecified atom stereocenters. The van der Waals surface area contributed by atoms with E-state index in [-0.39, 0.29) is 22.8 Å². The SMILES string of the molecule is CC1(C)CC(NC(=O)c2ccc(CN)cc2)CC(C)(C)C1. The second-order valence-corrected chi connectivity index (χ2v) is 7.98. The first-order valence-electron chi connectivity index (χ1n) is 7.81. The van der Waals surface area contributed by atoms with E-state index in [1.165, 1.54) is 6.42 Å². The van der Waals surface area contributed by atoms with Gasteiger partial charge in [-0.3, -0.25) is 4.79 Å². The molecular weight excluding hydrogens is 260 g/mol. The summed E-state index contributed by atoms with van der Waals surface area (Å²) in [5.41, 5.74) is 7.91. The van der Waals surface area contributed by atoms with Crippen LogP contribution in [0.15, 0.2) is 24.3 Å². The van der Waals surface area contributed by atoms with Crippen molar-refractivity contribution >= 4 is 5.91 Å². The van der Waals surface area contributed by atoms with E-state index < -0.39 is 0 Å². The Morgan fingerprint density at radius 2 is 1.67 bits per heavy atom. The Bertz CT molecular complexity index is 486. The Morgan fingerprint density at radius 1 is 1.14 bits per heavy atom. The van der Waals surface area contributed by atoms with Crippen molar-refractivity contribution in [3.8, 4) is 0 Å². The number of amides is 1. The van der Waals surface area contributed by atoms with Crippen LogP contribution in [-0.4, -0.2) is 11.9 Å². The molecule has 0 heterocycles. The first-order chi connectivity index (χ1) is 9.71. The van der Waals surface area contributed by atoms with Crippen molar-refractivity contribution in [1.29, 1.82) is 0 Å². The van der Waals surface area contributed by atoms with Crippen molar-refractivity contribution in [3.05, 3.63) is 35.4 Å². The standard InChI is InChI=1S/C18H28N2O/c1-17(2)9-15(10-18(3,4)12-17)20-16(21)14-7-5-13(11-19)6-8-14/h5-8,15H,9-12,19H2,1-4H3,(H,20,21). The Morgan fingerprint density at radius 3 is 2.14 bits per heavy atom. The Balaban J connectivity index is 2.04. The summed E-state index contributed by atoms with van der Waals surface area (Å²) in [7, 11) is 0. The smallest absolute Gasteiger partial charge is 0.251 e. The summed E-state index contributed by atoms with van der Waals surface area (Å²) in [5.74, 6) is 0.0251. The molecule has 0 aliphatic heterocycles. The molecule has 116 valence electrons. The monoisotopic (exact) mass is 288 g/mol. The summed E-state index contributed by atoms with van der Waals surface area (Å²) >= 11 is 0. The first kappa shape index (κ1) is 16.0. The maximum atomic E-state index is 12.4. The lowest BCUT2D eigenvalue weighted by Gasteiger charge is -2.45. The lowest BCUT2D eigenvalue weighted by atomic mass is 9.63. The van der Waals surface area contributed by atoms with Gasteiger partial charge in [0.2, 0.25) is 0 Å². The summed E-state index contributed by atoms with van der Waals surface area (Å²) in [6, 6.07) is 7.81. The largest absolute Gasteiger partial charge is 0.349 e. The van der Waals surface area contributed by atoms with Crippen LogP contribution >= 0.6 is 0 Å². The van der Waals surface area contributed by atoms with Gasteiger partial charge in [0.25, 0.3) is 5.91 Å². The number of carbonyl (C=O) groups excluding carboxylic acids is 1. The Labute approximate surface area is 128 Å². The summed E-state index contributed by atoms with van der Waals surface area (Å²) in [6.07, 6.45) is 3.30. The fourth-order valence-electron chi connectivity index (χ4n) is 4.01.